The molecule has 1 aromatic carbocycles. The Morgan fingerprint density at radius 3 is 2.88 bits per heavy atom. The average Bonchev–Trinajstić information content (AvgIpc) is 3.24. The zero-order chi connectivity index (χ0) is 22.8. The van der Waals surface area contributed by atoms with Crippen LogP contribution in [0, 0.1) is 11.6 Å². The van der Waals surface area contributed by atoms with Gasteiger partial charge in [0, 0.05) is 37.6 Å². The van der Waals surface area contributed by atoms with E-state index in [-0.39, 0.29) is 40.6 Å². The lowest BCUT2D eigenvalue weighted by molar-refractivity contribution is -0.127. The van der Waals surface area contributed by atoms with Gasteiger partial charge in [0.2, 0.25) is 0 Å². The molecule has 1 atom stereocenters. The van der Waals surface area contributed by atoms with Gasteiger partial charge in [0.1, 0.15) is 5.82 Å². The molecule has 166 valence electrons. The first-order valence-corrected chi connectivity index (χ1v) is 10.1. The predicted molar refractivity (Wildman–Crippen MR) is 115 cm³/mol. The van der Waals surface area contributed by atoms with E-state index in [2.05, 4.69) is 9.97 Å². The number of nitrogens with zero attached hydrogens (tertiary/aromatic N) is 3. The normalized spacial score (nSPS) is 16.6. The van der Waals surface area contributed by atoms with Crippen LogP contribution in [0.4, 0.5) is 14.6 Å². The van der Waals surface area contributed by atoms with E-state index in [0.29, 0.717) is 13.0 Å². The van der Waals surface area contributed by atoms with Crippen molar-refractivity contribution in [2.24, 2.45) is 11.6 Å². The Kier molecular flexibility index (Phi) is 5.87. The first-order chi connectivity index (χ1) is 15.4. The number of nitrogens with two attached hydrogens (primary N) is 2. The summed E-state index contributed by atoms with van der Waals surface area (Å²) in [6.07, 6.45) is 6.14. The number of piperidine rings is 1. The number of hydrogen-bond donors (Lipinski definition) is 3. The smallest absolute Gasteiger partial charge is 0.295 e. The Hall–Kier alpha value is -3.79. The monoisotopic (exact) mass is 440 g/mol. The number of fused-ring (bicyclic) bond motifs is 1. The molecule has 1 amide bonds. The summed E-state index contributed by atoms with van der Waals surface area (Å²) in [5.41, 5.74) is 6.17. The molecule has 3 heterocycles. The van der Waals surface area contributed by atoms with Crippen molar-refractivity contribution in [3.05, 3.63) is 71.8 Å². The largest absolute Gasteiger partial charge is 0.403 e. The van der Waals surface area contributed by atoms with Crippen molar-refractivity contribution in [2.75, 3.05) is 18.1 Å². The SMILES string of the molecule is N/C=C\N(N)c1ncc(F)c2c(C(=O)C(=O)N3CCCC(c4cccc(F)c4)C3)c[nH]c12. The number of nitrogens with one attached hydrogen (secondary N) is 1. The lowest BCUT2D eigenvalue weighted by Gasteiger charge is -2.32. The Morgan fingerprint density at radius 1 is 1.31 bits per heavy atom. The third-order valence-corrected chi connectivity index (χ3v) is 5.60. The van der Waals surface area contributed by atoms with Crippen LogP contribution in [0.3, 0.4) is 0 Å². The number of anilines is 1. The molecule has 1 saturated heterocycles. The summed E-state index contributed by atoms with van der Waals surface area (Å²) < 4.78 is 28.2. The Bertz CT molecular complexity index is 1210. The van der Waals surface area contributed by atoms with Gasteiger partial charge in [-0.15, -0.1) is 0 Å². The van der Waals surface area contributed by atoms with Gasteiger partial charge in [-0.1, -0.05) is 12.1 Å². The maximum atomic E-state index is 14.6. The van der Waals surface area contributed by atoms with Crippen LogP contribution in [0.1, 0.15) is 34.7 Å². The number of carbonyl (C=O) groups excluding carboxylic acids is 2. The first-order valence-electron chi connectivity index (χ1n) is 10.1. The zero-order valence-electron chi connectivity index (χ0n) is 17.1. The molecule has 0 bridgehead atoms. The summed E-state index contributed by atoms with van der Waals surface area (Å²) in [6, 6.07) is 6.23. The molecule has 5 N–H and O–H groups in total. The van der Waals surface area contributed by atoms with E-state index in [9.17, 15) is 18.4 Å². The van der Waals surface area contributed by atoms with E-state index < -0.39 is 17.5 Å². The van der Waals surface area contributed by atoms with E-state index >= 15 is 0 Å². The second kappa shape index (κ2) is 8.75. The number of ketones is 1. The van der Waals surface area contributed by atoms with E-state index in [0.717, 1.165) is 23.2 Å². The average molecular weight is 440 g/mol. The zero-order valence-corrected chi connectivity index (χ0v) is 17.1. The molecular weight excluding hydrogens is 418 g/mol. The number of H-pyrrole nitrogens is 1. The highest BCUT2D eigenvalue weighted by molar-refractivity contribution is 6.45. The fourth-order valence-electron chi connectivity index (χ4n) is 4.09. The molecule has 1 aliphatic rings. The van der Waals surface area contributed by atoms with Crippen LogP contribution in [-0.2, 0) is 4.79 Å². The third kappa shape index (κ3) is 3.92. The summed E-state index contributed by atoms with van der Waals surface area (Å²) in [5, 5.41) is 0.996. The molecule has 4 rings (SSSR count). The number of aromatic amines is 1. The molecule has 0 saturated carbocycles. The topological polar surface area (TPSA) is 121 Å². The van der Waals surface area contributed by atoms with Gasteiger partial charge in [-0.05, 0) is 30.5 Å². The van der Waals surface area contributed by atoms with Crippen molar-refractivity contribution in [3.8, 4) is 0 Å². The van der Waals surface area contributed by atoms with Gasteiger partial charge in [-0.25, -0.2) is 19.6 Å². The van der Waals surface area contributed by atoms with E-state index in [1.54, 1.807) is 6.07 Å². The number of hydrogen-bond acceptors (Lipinski definition) is 6. The van der Waals surface area contributed by atoms with E-state index in [1.165, 1.54) is 35.6 Å². The summed E-state index contributed by atoms with van der Waals surface area (Å²) in [5.74, 6) is 3.20. The molecule has 8 nitrogen and oxygen atoms in total. The van der Waals surface area contributed by atoms with E-state index in [4.69, 9.17) is 11.6 Å². The quantitative estimate of drug-likeness (QED) is 0.243. The van der Waals surface area contributed by atoms with Gasteiger partial charge < -0.3 is 15.6 Å². The van der Waals surface area contributed by atoms with E-state index in [1.807, 2.05) is 6.07 Å². The number of amides is 1. The number of halogens is 2. The van der Waals surface area contributed by atoms with Gasteiger partial charge in [-0.3, -0.25) is 14.6 Å². The Labute approximate surface area is 182 Å². The second-order valence-corrected chi connectivity index (χ2v) is 7.61. The summed E-state index contributed by atoms with van der Waals surface area (Å²) in [6.45, 7) is 0.676. The van der Waals surface area contributed by atoms with Crippen LogP contribution in [0.5, 0.6) is 0 Å². The Balaban J connectivity index is 1.61. The van der Waals surface area contributed by atoms with Gasteiger partial charge in [0.15, 0.2) is 11.6 Å². The molecular formula is C22H22F2N6O2. The second-order valence-electron chi connectivity index (χ2n) is 7.61. The summed E-state index contributed by atoms with van der Waals surface area (Å²) in [4.78, 5) is 34.2. The molecule has 1 fully saturated rings. The molecule has 0 spiro atoms. The summed E-state index contributed by atoms with van der Waals surface area (Å²) >= 11 is 0. The number of benzene rings is 1. The molecule has 1 aliphatic heterocycles. The molecule has 3 aromatic rings. The highest BCUT2D eigenvalue weighted by Gasteiger charge is 2.31. The number of pyridine rings is 1. The number of hydrazine groups is 1. The minimum absolute atomic E-state index is 0.0760. The standard InChI is InChI=1S/C22H22F2N6O2/c23-15-5-1-3-13(9-15)14-4-2-7-29(12-14)22(32)20(31)16-10-27-19-18(16)17(24)11-28-21(19)30(26)8-6-25/h1,3,5-6,8-11,14,27H,2,4,7,12,25-26H2/b8-6-. The maximum absolute atomic E-state index is 14.6. The maximum Gasteiger partial charge on any atom is 0.295 e. The van der Waals surface area contributed by atoms with Gasteiger partial charge in [0.05, 0.1) is 22.7 Å². The molecule has 1 unspecified atom stereocenters. The van der Waals surface area contributed by atoms with Gasteiger partial charge in [-0.2, -0.15) is 0 Å². The number of carbonyl (C=O) groups is 2. The van der Waals surface area contributed by atoms with Crippen molar-refractivity contribution in [1.82, 2.24) is 14.9 Å². The van der Waals surface area contributed by atoms with Gasteiger partial charge in [0.25, 0.3) is 11.7 Å². The number of aromatic nitrogens is 2. The van der Waals surface area contributed by atoms with Crippen LogP contribution in [-0.4, -0.2) is 39.6 Å². The van der Waals surface area contributed by atoms with Crippen molar-refractivity contribution in [3.63, 3.8) is 0 Å². The lowest BCUT2D eigenvalue weighted by Crippen LogP contribution is -2.42. The summed E-state index contributed by atoms with van der Waals surface area (Å²) in [7, 11) is 0. The van der Waals surface area contributed by atoms with Gasteiger partial charge >= 0.3 is 0 Å². The fourth-order valence-corrected chi connectivity index (χ4v) is 4.09. The fraction of sp³-hybridized carbons (Fsp3) is 0.227. The van der Waals surface area contributed by atoms with Crippen LogP contribution < -0.4 is 16.6 Å². The Morgan fingerprint density at radius 2 is 2.12 bits per heavy atom. The lowest BCUT2D eigenvalue weighted by atomic mass is 9.90. The van der Waals surface area contributed by atoms with Crippen molar-refractivity contribution < 1.29 is 18.4 Å². The van der Waals surface area contributed by atoms with Crippen LogP contribution >= 0.6 is 0 Å². The molecule has 2 aromatic heterocycles. The predicted octanol–water partition coefficient (Wildman–Crippen LogP) is 2.54. The molecule has 0 radical (unpaired) electrons. The number of rotatable bonds is 5. The van der Waals surface area contributed by atoms with Crippen molar-refractivity contribution in [2.45, 2.75) is 18.8 Å². The first kappa shape index (κ1) is 21.4. The van der Waals surface area contributed by atoms with Crippen molar-refractivity contribution >= 4 is 28.4 Å². The highest BCUT2D eigenvalue weighted by Crippen LogP contribution is 2.30. The highest BCUT2D eigenvalue weighted by atomic mass is 19.1. The molecule has 0 aliphatic carbocycles. The molecule has 10 heteroatoms. The minimum Gasteiger partial charge on any atom is -0.403 e. The van der Waals surface area contributed by atoms with Crippen LogP contribution in [0.25, 0.3) is 10.9 Å². The van der Waals surface area contributed by atoms with Crippen LogP contribution in [0.2, 0.25) is 0 Å². The minimum atomic E-state index is -0.842. The molecule has 32 heavy (non-hydrogen) atoms. The number of likely N-dealkylation sites (tertiary alicyclic amines) is 1. The van der Waals surface area contributed by atoms with Crippen LogP contribution in [0.15, 0.2) is 49.1 Å². The third-order valence-electron chi connectivity index (χ3n) is 5.60. The number of Topliss-reactive ketones (excluding diaryl/α,β-unsaturated/α-hetero) is 1. The van der Waals surface area contributed by atoms with Crippen molar-refractivity contribution in [1.29, 1.82) is 0 Å².